The standard InChI is InChI=1S/C28H33ClN6O5S/c1-33-26(30-18-31-33)19-6-7-25-24(14-19)40-13-10-28(32-27(37)23-15-21(36)17-35(23)41(25,38)39)8-11-34(12-9-28)16-20-4-2-3-5-22(20)29/h2-7,14,18,21,23,36H,8-13,15-17H2,1H3,(H,32,37)/t21-,23+/m1/s1. The topological polar surface area (TPSA) is 130 Å². The molecule has 13 heteroatoms. The van der Waals surface area contributed by atoms with Crippen molar-refractivity contribution in [2.75, 3.05) is 26.2 Å². The van der Waals surface area contributed by atoms with Gasteiger partial charge in [-0.2, -0.15) is 9.40 Å². The number of halogens is 1. The summed E-state index contributed by atoms with van der Waals surface area (Å²) in [5, 5.41) is 18.5. The Morgan fingerprint density at radius 2 is 1.95 bits per heavy atom. The number of hydrogen-bond donors (Lipinski definition) is 2. The molecule has 2 saturated heterocycles. The summed E-state index contributed by atoms with van der Waals surface area (Å²) in [7, 11) is -2.41. The van der Waals surface area contributed by atoms with Crippen LogP contribution in [0, 0.1) is 0 Å². The Balaban J connectivity index is 1.31. The number of aliphatic hydroxyl groups excluding tert-OH is 1. The van der Waals surface area contributed by atoms with E-state index in [2.05, 4.69) is 20.3 Å². The van der Waals surface area contributed by atoms with E-state index in [9.17, 15) is 18.3 Å². The van der Waals surface area contributed by atoms with Gasteiger partial charge in [0.2, 0.25) is 15.9 Å². The van der Waals surface area contributed by atoms with Crippen molar-refractivity contribution < 1.29 is 23.1 Å². The van der Waals surface area contributed by atoms with Crippen LogP contribution in [0.2, 0.25) is 5.02 Å². The minimum absolute atomic E-state index is 0.0347. The summed E-state index contributed by atoms with van der Waals surface area (Å²) in [6.45, 7) is 2.22. The van der Waals surface area contributed by atoms with E-state index in [1.165, 1.54) is 12.4 Å². The Morgan fingerprint density at radius 3 is 2.68 bits per heavy atom. The summed E-state index contributed by atoms with van der Waals surface area (Å²) in [5.74, 6) is 0.368. The molecule has 1 amide bonds. The van der Waals surface area contributed by atoms with Gasteiger partial charge in [0.05, 0.1) is 12.7 Å². The second-order valence-electron chi connectivity index (χ2n) is 11.1. The number of rotatable bonds is 3. The lowest BCUT2D eigenvalue weighted by molar-refractivity contribution is -0.127. The largest absolute Gasteiger partial charge is 0.492 e. The molecule has 11 nitrogen and oxygen atoms in total. The highest BCUT2D eigenvalue weighted by Crippen LogP contribution is 2.37. The molecule has 4 heterocycles. The Hall–Kier alpha value is -3.03. The fourth-order valence-corrected chi connectivity index (χ4v) is 8.04. The molecule has 0 radical (unpaired) electrons. The molecule has 218 valence electrons. The molecule has 0 saturated carbocycles. The van der Waals surface area contributed by atoms with Gasteiger partial charge in [-0.3, -0.25) is 9.69 Å². The third-order valence-electron chi connectivity index (χ3n) is 8.43. The summed E-state index contributed by atoms with van der Waals surface area (Å²) in [4.78, 5) is 20.2. The number of ether oxygens (including phenoxy) is 1. The van der Waals surface area contributed by atoms with Crippen LogP contribution in [0.1, 0.15) is 31.2 Å². The first-order chi connectivity index (χ1) is 19.6. The Labute approximate surface area is 244 Å². The second-order valence-corrected chi connectivity index (χ2v) is 13.4. The number of aliphatic hydroxyl groups is 1. The van der Waals surface area contributed by atoms with Gasteiger partial charge in [-0.1, -0.05) is 29.8 Å². The monoisotopic (exact) mass is 600 g/mol. The van der Waals surface area contributed by atoms with Crippen molar-refractivity contribution in [2.45, 2.75) is 54.8 Å². The summed E-state index contributed by atoms with van der Waals surface area (Å²) >= 11 is 6.39. The number of aromatic nitrogens is 3. The second kappa shape index (κ2) is 11.0. The quantitative estimate of drug-likeness (QED) is 0.468. The number of piperidine rings is 1. The van der Waals surface area contributed by atoms with Crippen molar-refractivity contribution in [1.82, 2.24) is 29.3 Å². The molecule has 3 aromatic rings. The van der Waals surface area contributed by atoms with Gasteiger partial charge in [-0.25, -0.2) is 18.1 Å². The van der Waals surface area contributed by atoms with Crippen molar-refractivity contribution >= 4 is 27.5 Å². The maximum Gasteiger partial charge on any atom is 0.247 e. The number of nitrogens with one attached hydrogen (secondary N) is 1. The van der Waals surface area contributed by atoms with E-state index in [0.717, 1.165) is 28.0 Å². The number of fused-ring (bicyclic) bond motifs is 2. The van der Waals surface area contributed by atoms with Crippen molar-refractivity contribution in [3.05, 3.63) is 59.4 Å². The number of carbonyl (C=O) groups excluding carboxylic acids is 1. The minimum Gasteiger partial charge on any atom is -0.492 e. The molecule has 2 N–H and O–H groups in total. The van der Waals surface area contributed by atoms with Gasteiger partial charge >= 0.3 is 0 Å². The normalized spacial score (nSPS) is 24.6. The minimum atomic E-state index is -4.16. The van der Waals surface area contributed by atoms with Crippen LogP contribution in [0.25, 0.3) is 11.4 Å². The number of hydrogen-bond acceptors (Lipinski definition) is 8. The zero-order valence-corrected chi connectivity index (χ0v) is 24.3. The number of carbonyl (C=O) groups is 1. The smallest absolute Gasteiger partial charge is 0.247 e. The average Bonchev–Trinajstić information content (AvgIpc) is 3.56. The number of nitrogens with zero attached hydrogens (tertiary/aromatic N) is 5. The van der Waals surface area contributed by atoms with E-state index < -0.39 is 27.7 Å². The molecule has 1 aromatic heterocycles. The molecular weight excluding hydrogens is 568 g/mol. The molecular formula is C28H33ClN6O5S. The number of amides is 1. The lowest BCUT2D eigenvalue weighted by atomic mass is 9.84. The highest BCUT2D eigenvalue weighted by Gasteiger charge is 2.47. The maximum absolute atomic E-state index is 13.9. The van der Waals surface area contributed by atoms with E-state index in [-0.39, 0.29) is 36.1 Å². The van der Waals surface area contributed by atoms with Crippen LogP contribution in [0.4, 0.5) is 0 Å². The van der Waals surface area contributed by atoms with Crippen LogP contribution in [-0.2, 0) is 28.4 Å². The third-order valence-corrected chi connectivity index (χ3v) is 10.7. The van der Waals surface area contributed by atoms with Crippen molar-refractivity contribution in [3.8, 4) is 17.1 Å². The van der Waals surface area contributed by atoms with Crippen molar-refractivity contribution in [1.29, 1.82) is 0 Å². The van der Waals surface area contributed by atoms with Gasteiger partial charge in [-0.05, 0) is 42.7 Å². The summed E-state index contributed by atoms with van der Waals surface area (Å²) in [6, 6.07) is 11.6. The van der Waals surface area contributed by atoms with Gasteiger partial charge in [0.15, 0.2) is 5.82 Å². The number of sulfonamides is 1. The van der Waals surface area contributed by atoms with Crippen LogP contribution in [0.5, 0.6) is 5.75 Å². The third kappa shape index (κ3) is 5.46. The molecule has 0 unspecified atom stereocenters. The molecule has 0 aliphatic carbocycles. The van der Waals surface area contributed by atoms with Crippen LogP contribution in [0.15, 0.2) is 53.7 Å². The molecule has 3 aliphatic rings. The summed E-state index contributed by atoms with van der Waals surface area (Å²) in [5.41, 5.74) is 1.13. The predicted octanol–water partition coefficient (Wildman–Crippen LogP) is 2.19. The van der Waals surface area contributed by atoms with Crippen LogP contribution in [-0.4, -0.2) is 87.3 Å². The highest BCUT2D eigenvalue weighted by molar-refractivity contribution is 7.89. The summed E-state index contributed by atoms with van der Waals surface area (Å²) in [6.07, 6.45) is 2.35. The molecule has 6 rings (SSSR count). The molecule has 2 aromatic carbocycles. The van der Waals surface area contributed by atoms with Crippen LogP contribution >= 0.6 is 11.6 Å². The molecule has 0 bridgehead atoms. The van der Waals surface area contributed by atoms with E-state index in [4.69, 9.17) is 16.3 Å². The first kappa shape index (κ1) is 28.1. The molecule has 2 fully saturated rings. The van der Waals surface area contributed by atoms with Crippen molar-refractivity contribution in [3.63, 3.8) is 0 Å². The van der Waals surface area contributed by atoms with E-state index in [0.29, 0.717) is 37.2 Å². The van der Waals surface area contributed by atoms with Crippen molar-refractivity contribution in [2.24, 2.45) is 7.05 Å². The van der Waals surface area contributed by atoms with E-state index in [1.54, 1.807) is 23.9 Å². The van der Waals surface area contributed by atoms with Gasteiger partial charge < -0.3 is 15.2 Å². The Kier molecular flexibility index (Phi) is 7.53. The lowest BCUT2D eigenvalue weighted by Crippen LogP contribution is -2.59. The molecule has 1 spiro atoms. The zero-order chi connectivity index (χ0) is 28.8. The number of likely N-dealkylation sites (tertiary alicyclic amines) is 1. The fraction of sp³-hybridized carbons (Fsp3) is 0.464. The SMILES string of the molecule is Cn1ncnc1-c1ccc2c(c1)OCCC1(CCN(Cc3ccccc3Cl)CC1)NC(=O)[C@@H]1C[C@@H](O)CN1S2(=O)=O. The van der Waals surface area contributed by atoms with Gasteiger partial charge in [0, 0.05) is 62.2 Å². The Bertz CT molecular complexity index is 1550. The molecule has 41 heavy (non-hydrogen) atoms. The van der Waals surface area contributed by atoms with Gasteiger partial charge in [-0.15, -0.1) is 0 Å². The molecule has 3 aliphatic heterocycles. The average molecular weight is 601 g/mol. The first-order valence-corrected chi connectivity index (χ1v) is 15.6. The van der Waals surface area contributed by atoms with Crippen LogP contribution in [0.3, 0.4) is 0 Å². The fourth-order valence-electron chi connectivity index (χ4n) is 6.09. The highest BCUT2D eigenvalue weighted by atomic mass is 35.5. The molecule has 2 atom stereocenters. The van der Waals surface area contributed by atoms with Crippen LogP contribution < -0.4 is 10.1 Å². The van der Waals surface area contributed by atoms with E-state index >= 15 is 0 Å². The van der Waals surface area contributed by atoms with Gasteiger partial charge in [0.1, 0.15) is 23.0 Å². The maximum atomic E-state index is 13.9. The number of aryl methyl sites for hydroxylation is 1. The van der Waals surface area contributed by atoms with Gasteiger partial charge in [0.25, 0.3) is 0 Å². The Morgan fingerprint density at radius 1 is 1.17 bits per heavy atom. The predicted molar refractivity (Wildman–Crippen MR) is 152 cm³/mol. The lowest BCUT2D eigenvalue weighted by Gasteiger charge is -2.43. The zero-order valence-electron chi connectivity index (χ0n) is 22.7. The first-order valence-electron chi connectivity index (χ1n) is 13.7. The summed E-state index contributed by atoms with van der Waals surface area (Å²) < 4.78 is 36.7. The van der Waals surface area contributed by atoms with E-state index in [1.807, 2.05) is 24.3 Å². The number of benzene rings is 2.